The van der Waals surface area contributed by atoms with Gasteiger partial charge in [0.15, 0.2) is 0 Å². The van der Waals surface area contributed by atoms with Crippen molar-refractivity contribution in [1.29, 1.82) is 0 Å². The molecule has 1 rings (SSSR count). The van der Waals surface area contributed by atoms with Crippen molar-refractivity contribution in [2.24, 2.45) is 5.73 Å². The number of unbranched alkanes of at least 4 members (excludes halogenated alkanes) is 1. The van der Waals surface area contributed by atoms with Gasteiger partial charge in [-0.2, -0.15) is 0 Å². The summed E-state index contributed by atoms with van der Waals surface area (Å²) >= 11 is 0. The molecule has 0 saturated carbocycles. The third-order valence-corrected chi connectivity index (χ3v) is 3.54. The molecule has 0 aliphatic carbocycles. The lowest BCUT2D eigenvalue weighted by Crippen LogP contribution is -2.39. The molecular weight excluding hydrogens is 240 g/mol. The topological polar surface area (TPSA) is 78.3 Å². The molecule has 106 valence electrons. The number of nitrogen functional groups attached to an aromatic ring is 1. The molecule has 1 aromatic carbocycles. The zero-order chi connectivity index (χ0) is 14.5. The second-order valence-corrected chi connectivity index (χ2v) is 5.41. The zero-order valence-corrected chi connectivity index (χ0v) is 12.0. The van der Waals surface area contributed by atoms with E-state index >= 15 is 0 Å². The lowest BCUT2D eigenvalue weighted by atomic mass is 9.77. The van der Waals surface area contributed by atoms with Crippen molar-refractivity contribution >= 4 is 11.8 Å². The number of benzene rings is 1. The molecule has 4 nitrogen and oxygen atoms in total. The maximum absolute atomic E-state index is 11.1. The highest BCUT2D eigenvalue weighted by Gasteiger charge is 2.33. The third kappa shape index (κ3) is 4.16. The van der Waals surface area contributed by atoms with Gasteiger partial charge in [0.05, 0.1) is 0 Å². The first-order valence-electron chi connectivity index (χ1n) is 6.70. The van der Waals surface area contributed by atoms with Crippen LogP contribution in [0.2, 0.25) is 0 Å². The Kier molecular flexibility index (Phi) is 5.21. The number of nitrogens with two attached hydrogens (primary N) is 2. The summed E-state index contributed by atoms with van der Waals surface area (Å²) in [6, 6.07) is 7.66. The number of hydrogen-bond donors (Lipinski definition) is 2. The minimum atomic E-state index is -0.718. The molecule has 1 unspecified atom stereocenters. The van der Waals surface area contributed by atoms with Gasteiger partial charge >= 0.3 is 6.09 Å². The molecule has 1 amide bonds. The largest absolute Gasteiger partial charge is 0.445 e. The predicted molar refractivity (Wildman–Crippen MR) is 77.9 cm³/mol. The molecule has 1 aromatic rings. The first-order valence-corrected chi connectivity index (χ1v) is 6.70. The minimum Gasteiger partial charge on any atom is -0.445 e. The van der Waals surface area contributed by atoms with Crippen LogP contribution in [0.3, 0.4) is 0 Å². The van der Waals surface area contributed by atoms with Crippen molar-refractivity contribution in [3.63, 3.8) is 0 Å². The average molecular weight is 264 g/mol. The summed E-state index contributed by atoms with van der Waals surface area (Å²) in [4.78, 5) is 11.1. The Morgan fingerprint density at radius 2 is 1.89 bits per heavy atom. The van der Waals surface area contributed by atoms with Gasteiger partial charge in [0.1, 0.15) is 6.10 Å². The second-order valence-electron chi connectivity index (χ2n) is 5.41. The molecule has 0 aliphatic rings. The van der Waals surface area contributed by atoms with E-state index < -0.39 is 6.09 Å². The number of primary amides is 1. The van der Waals surface area contributed by atoms with E-state index in [1.165, 1.54) is 0 Å². The van der Waals surface area contributed by atoms with E-state index in [1.54, 1.807) is 0 Å². The lowest BCUT2D eigenvalue weighted by Gasteiger charge is -2.34. The Morgan fingerprint density at radius 1 is 1.32 bits per heavy atom. The first-order chi connectivity index (χ1) is 8.87. The van der Waals surface area contributed by atoms with Crippen molar-refractivity contribution in [1.82, 2.24) is 0 Å². The number of hydrogen-bond acceptors (Lipinski definition) is 3. The van der Waals surface area contributed by atoms with Gasteiger partial charge in [0, 0.05) is 11.1 Å². The summed E-state index contributed by atoms with van der Waals surface area (Å²) in [5.74, 6) is 0. The standard InChI is InChI=1S/C15H24N2O2/c1-4-5-6-13(19-14(17)18)15(2,3)11-7-9-12(16)10-8-11/h7-10,13H,4-6,16H2,1-3H3,(H2,17,18). The van der Waals surface area contributed by atoms with E-state index in [1.807, 2.05) is 24.3 Å². The number of ether oxygens (including phenoxy) is 1. The fourth-order valence-corrected chi connectivity index (χ4v) is 2.20. The van der Waals surface area contributed by atoms with Crippen LogP contribution in [0, 0.1) is 0 Å². The second kappa shape index (κ2) is 6.45. The Hall–Kier alpha value is -1.71. The van der Waals surface area contributed by atoms with E-state index in [4.69, 9.17) is 16.2 Å². The summed E-state index contributed by atoms with van der Waals surface area (Å²) < 4.78 is 5.31. The summed E-state index contributed by atoms with van der Waals surface area (Å²) in [7, 11) is 0. The number of amides is 1. The molecule has 1 atom stereocenters. The smallest absolute Gasteiger partial charge is 0.404 e. The number of rotatable bonds is 6. The van der Waals surface area contributed by atoms with Crippen molar-refractivity contribution in [2.75, 3.05) is 5.73 Å². The lowest BCUT2D eigenvalue weighted by molar-refractivity contribution is 0.0555. The highest BCUT2D eigenvalue weighted by molar-refractivity contribution is 5.65. The van der Waals surface area contributed by atoms with Crippen molar-refractivity contribution < 1.29 is 9.53 Å². The van der Waals surface area contributed by atoms with Gasteiger partial charge in [-0.05, 0) is 24.1 Å². The van der Waals surface area contributed by atoms with Crippen LogP contribution in [0.5, 0.6) is 0 Å². The van der Waals surface area contributed by atoms with Gasteiger partial charge in [-0.15, -0.1) is 0 Å². The van der Waals surface area contributed by atoms with Crippen LogP contribution in [0.15, 0.2) is 24.3 Å². The zero-order valence-electron chi connectivity index (χ0n) is 12.0. The number of anilines is 1. The van der Waals surface area contributed by atoms with E-state index in [2.05, 4.69) is 20.8 Å². The van der Waals surface area contributed by atoms with Crippen LogP contribution < -0.4 is 11.5 Å². The molecule has 0 saturated heterocycles. The fraction of sp³-hybridized carbons (Fsp3) is 0.533. The van der Waals surface area contributed by atoms with Crippen LogP contribution in [0.25, 0.3) is 0 Å². The highest BCUT2D eigenvalue weighted by atomic mass is 16.6. The Morgan fingerprint density at radius 3 is 2.37 bits per heavy atom. The monoisotopic (exact) mass is 264 g/mol. The molecule has 0 bridgehead atoms. The first kappa shape index (κ1) is 15.3. The molecule has 0 radical (unpaired) electrons. The Balaban J connectivity index is 2.95. The van der Waals surface area contributed by atoms with E-state index in [9.17, 15) is 4.79 Å². The SMILES string of the molecule is CCCCC(OC(N)=O)C(C)(C)c1ccc(N)cc1. The minimum absolute atomic E-state index is 0.228. The maximum Gasteiger partial charge on any atom is 0.404 e. The Bertz CT molecular complexity index is 413. The molecule has 19 heavy (non-hydrogen) atoms. The molecule has 0 heterocycles. The Labute approximate surface area is 115 Å². The summed E-state index contributed by atoms with van der Waals surface area (Å²) in [5.41, 5.74) is 12.4. The number of carbonyl (C=O) groups excluding carboxylic acids is 1. The molecule has 0 spiro atoms. The van der Waals surface area contributed by atoms with Crippen LogP contribution in [-0.4, -0.2) is 12.2 Å². The predicted octanol–water partition coefficient (Wildman–Crippen LogP) is 3.20. The number of carbonyl (C=O) groups is 1. The highest BCUT2D eigenvalue weighted by Crippen LogP contribution is 2.32. The molecule has 0 aliphatic heterocycles. The van der Waals surface area contributed by atoms with Gasteiger partial charge in [0.2, 0.25) is 0 Å². The van der Waals surface area contributed by atoms with Crippen LogP contribution in [-0.2, 0) is 10.2 Å². The third-order valence-electron chi connectivity index (χ3n) is 3.54. The normalized spacial score (nSPS) is 13.0. The van der Waals surface area contributed by atoms with Gasteiger partial charge in [-0.3, -0.25) is 0 Å². The van der Waals surface area contributed by atoms with Crippen LogP contribution >= 0.6 is 0 Å². The van der Waals surface area contributed by atoms with Gasteiger partial charge < -0.3 is 16.2 Å². The average Bonchev–Trinajstić information content (AvgIpc) is 2.34. The van der Waals surface area contributed by atoms with E-state index in [0.29, 0.717) is 0 Å². The fourth-order valence-electron chi connectivity index (χ4n) is 2.20. The van der Waals surface area contributed by atoms with Crippen molar-refractivity contribution in [3.8, 4) is 0 Å². The summed E-state index contributed by atoms with van der Waals surface area (Å²) in [6.45, 7) is 6.22. The van der Waals surface area contributed by atoms with Crippen molar-refractivity contribution in [3.05, 3.63) is 29.8 Å². The van der Waals surface area contributed by atoms with E-state index in [0.717, 1.165) is 30.5 Å². The van der Waals surface area contributed by atoms with Gasteiger partial charge in [-0.25, -0.2) is 4.79 Å². The quantitative estimate of drug-likeness (QED) is 0.774. The van der Waals surface area contributed by atoms with Crippen LogP contribution in [0.1, 0.15) is 45.6 Å². The van der Waals surface area contributed by atoms with Gasteiger partial charge in [0.25, 0.3) is 0 Å². The van der Waals surface area contributed by atoms with Crippen LogP contribution in [0.4, 0.5) is 10.5 Å². The molecular formula is C15H24N2O2. The molecule has 4 heteroatoms. The molecule has 0 fully saturated rings. The summed E-state index contributed by atoms with van der Waals surface area (Å²) in [5, 5.41) is 0. The molecule has 0 aromatic heterocycles. The maximum atomic E-state index is 11.1. The summed E-state index contributed by atoms with van der Waals surface area (Å²) in [6.07, 6.45) is 1.90. The molecule has 4 N–H and O–H groups in total. The van der Waals surface area contributed by atoms with Gasteiger partial charge in [-0.1, -0.05) is 45.7 Å². The van der Waals surface area contributed by atoms with E-state index in [-0.39, 0.29) is 11.5 Å². The van der Waals surface area contributed by atoms with Crippen molar-refractivity contribution in [2.45, 2.75) is 51.6 Å².